The third-order valence-electron chi connectivity index (χ3n) is 2.23. The van der Waals surface area contributed by atoms with E-state index in [1.165, 1.54) is 0 Å². The van der Waals surface area contributed by atoms with Gasteiger partial charge in [-0.25, -0.2) is 9.97 Å². The van der Waals surface area contributed by atoms with Gasteiger partial charge in [-0.2, -0.15) is 0 Å². The molecule has 2 rings (SSSR count). The van der Waals surface area contributed by atoms with E-state index in [9.17, 15) is 4.79 Å². The monoisotopic (exact) mass is 291 g/mol. The molecule has 0 radical (unpaired) electrons. The molecule has 0 saturated heterocycles. The number of anilines is 1. The first kappa shape index (κ1) is 11.7. The molecule has 0 aliphatic heterocycles. The number of carbonyl (C=O) groups excluding carboxylic acids is 1. The van der Waals surface area contributed by atoms with Crippen LogP contribution in [0.1, 0.15) is 15.9 Å². The molecular weight excluding hydrogens is 282 g/mol. The molecule has 0 saturated carbocycles. The van der Waals surface area contributed by atoms with Crippen molar-refractivity contribution < 1.29 is 4.79 Å². The summed E-state index contributed by atoms with van der Waals surface area (Å²) in [5.74, 6) is 0.0751. The van der Waals surface area contributed by atoms with Crippen molar-refractivity contribution in [1.29, 1.82) is 0 Å². The van der Waals surface area contributed by atoms with Crippen molar-refractivity contribution in [2.24, 2.45) is 0 Å². The summed E-state index contributed by atoms with van der Waals surface area (Å²) in [6, 6.07) is 7.11. The fraction of sp³-hybridized carbons (Fsp3) is 0.0833. The zero-order valence-corrected chi connectivity index (χ0v) is 10.7. The van der Waals surface area contributed by atoms with Crippen molar-refractivity contribution >= 4 is 27.8 Å². The molecule has 17 heavy (non-hydrogen) atoms. The van der Waals surface area contributed by atoms with E-state index in [0.29, 0.717) is 11.5 Å². The lowest BCUT2D eigenvalue weighted by molar-refractivity contribution is 0.102. The van der Waals surface area contributed by atoms with E-state index < -0.39 is 0 Å². The average Bonchev–Trinajstić information content (AvgIpc) is 2.34. The molecule has 1 N–H and O–H groups in total. The molecule has 0 aliphatic carbocycles. The molecule has 1 amide bonds. The summed E-state index contributed by atoms with van der Waals surface area (Å²) in [7, 11) is 0. The van der Waals surface area contributed by atoms with Gasteiger partial charge in [-0.1, -0.05) is 22.0 Å². The quantitative estimate of drug-likeness (QED) is 0.926. The molecule has 0 bridgehead atoms. The van der Waals surface area contributed by atoms with E-state index in [1.54, 1.807) is 30.6 Å². The Balaban J connectivity index is 2.18. The van der Waals surface area contributed by atoms with Crippen LogP contribution in [0.5, 0.6) is 0 Å². The maximum Gasteiger partial charge on any atom is 0.258 e. The molecule has 0 fully saturated rings. The van der Waals surface area contributed by atoms with Crippen molar-refractivity contribution in [3.05, 3.63) is 52.3 Å². The predicted octanol–water partition coefficient (Wildman–Crippen LogP) is 2.80. The lowest BCUT2D eigenvalue weighted by atomic mass is 10.1. The number of nitrogens with one attached hydrogen (secondary N) is 1. The van der Waals surface area contributed by atoms with Gasteiger partial charge in [0.25, 0.3) is 5.91 Å². The second kappa shape index (κ2) is 5.05. The van der Waals surface area contributed by atoms with Gasteiger partial charge in [-0.15, -0.1) is 0 Å². The SMILES string of the molecule is Cc1ccc(C(=O)Nc2ncccn2)cc1Br. The number of aromatic nitrogens is 2. The van der Waals surface area contributed by atoms with Crippen LogP contribution in [0.4, 0.5) is 5.95 Å². The Morgan fingerprint density at radius 1 is 1.29 bits per heavy atom. The maximum atomic E-state index is 11.9. The Kier molecular flexibility index (Phi) is 3.49. The largest absolute Gasteiger partial charge is 0.290 e. The van der Waals surface area contributed by atoms with Gasteiger partial charge in [0.15, 0.2) is 0 Å². The fourth-order valence-corrected chi connectivity index (χ4v) is 1.65. The Hall–Kier alpha value is -1.75. The van der Waals surface area contributed by atoms with E-state index in [-0.39, 0.29) is 5.91 Å². The molecule has 1 aromatic heterocycles. The van der Waals surface area contributed by atoms with Crippen LogP contribution in [0.3, 0.4) is 0 Å². The number of carbonyl (C=O) groups is 1. The highest BCUT2D eigenvalue weighted by molar-refractivity contribution is 9.10. The molecule has 1 aromatic carbocycles. The zero-order chi connectivity index (χ0) is 12.3. The van der Waals surface area contributed by atoms with Crippen LogP contribution >= 0.6 is 15.9 Å². The van der Waals surface area contributed by atoms with Crippen LogP contribution in [0.2, 0.25) is 0 Å². The van der Waals surface area contributed by atoms with Crippen LogP contribution in [-0.4, -0.2) is 15.9 Å². The van der Waals surface area contributed by atoms with Crippen LogP contribution < -0.4 is 5.32 Å². The van der Waals surface area contributed by atoms with Gasteiger partial charge in [-0.3, -0.25) is 10.1 Å². The molecule has 0 unspecified atom stereocenters. The summed E-state index contributed by atoms with van der Waals surface area (Å²) >= 11 is 3.39. The lowest BCUT2D eigenvalue weighted by Gasteiger charge is -2.04. The highest BCUT2D eigenvalue weighted by Crippen LogP contribution is 2.17. The number of aryl methyl sites for hydroxylation is 1. The lowest BCUT2D eigenvalue weighted by Crippen LogP contribution is -2.13. The molecule has 0 aliphatic rings. The third kappa shape index (κ3) is 2.88. The summed E-state index contributed by atoms with van der Waals surface area (Å²) in [5, 5.41) is 2.62. The minimum atomic E-state index is -0.225. The highest BCUT2D eigenvalue weighted by atomic mass is 79.9. The van der Waals surface area contributed by atoms with Gasteiger partial charge in [0.05, 0.1) is 0 Å². The van der Waals surface area contributed by atoms with E-state index in [4.69, 9.17) is 0 Å². The molecule has 5 heteroatoms. The van der Waals surface area contributed by atoms with Gasteiger partial charge in [0, 0.05) is 22.4 Å². The van der Waals surface area contributed by atoms with Gasteiger partial charge in [0.2, 0.25) is 5.95 Å². The molecule has 0 spiro atoms. The van der Waals surface area contributed by atoms with Gasteiger partial charge in [0.1, 0.15) is 0 Å². The van der Waals surface area contributed by atoms with Crippen LogP contribution in [0, 0.1) is 6.92 Å². The van der Waals surface area contributed by atoms with Gasteiger partial charge < -0.3 is 0 Å². The van der Waals surface area contributed by atoms with Gasteiger partial charge in [-0.05, 0) is 30.7 Å². The summed E-state index contributed by atoms with van der Waals surface area (Å²) in [5.41, 5.74) is 1.65. The third-order valence-corrected chi connectivity index (χ3v) is 3.08. The van der Waals surface area contributed by atoms with Crippen molar-refractivity contribution in [3.63, 3.8) is 0 Å². The number of halogens is 1. The Morgan fingerprint density at radius 2 is 2.00 bits per heavy atom. The van der Waals surface area contributed by atoms with Crippen molar-refractivity contribution in [3.8, 4) is 0 Å². The van der Waals surface area contributed by atoms with Crippen molar-refractivity contribution in [1.82, 2.24) is 9.97 Å². The first-order valence-electron chi connectivity index (χ1n) is 5.01. The molecule has 86 valence electrons. The van der Waals surface area contributed by atoms with E-state index >= 15 is 0 Å². The number of amides is 1. The van der Waals surface area contributed by atoms with Gasteiger partial charge >= 0.3 is 0 Å². The van der Waals surface area contributed by atoms with Crippen LogP contribution in [0.15, 0.2) is 41.1 Å². The molecule has 4 nitrogen and oxygen atoms in total. The first-order chi connectivity index (χ1) is 8.16. The summed E-state index contributed by atoms with van der Waals surface area (Å²) < 4.78 is 0.902. The minimum Gasteiger partial charge on any atom is -0.290 e. The molecule has 1 heterocycles. The summed E-state index contributed by atoms with van der Waals surface area (Å²) in [4.78, 5) is 19.7. The molecule has 2 aromatic rings. The predicted molar refractivity (Wildman–Crippen MR) is 68.9 cm³/mol. The normalized spacial score (nSPS) is 10.0. The Bertz CT molecular complexity index is 543. The van der Waals surface area contributed by atoms with E-state index in [1.807, 2.05) is 13.0 Å². The summed E-state index contributed by atoms with van der Waals surface area (Å²) in [6.07, 6.45) is 3.15. The van der Waals surface area contributed by atoms with Crippen LogP contribution in [-0.2, 0) is 0 Å². The second-order valence-electron chi connectivity index (χ2n) is 3.49. The van der Waals surface area contributed by atoms with Crippen LogP contribution in [0.25, 0.3) is 0 Å². The van der Waals surface area contributed by atoms with Crippen molar-refractivity contribution in [2.45, 2.75) is 6.92 Å². The summed E-state index contributed by atoms with van der Waals surface area (Å²) in [6.45, 7) is 1.96. The Morgan fingerprint density at radius 3 is 2.65 bits per heavy atom. The number of benzene rings is 1. The van der Waals surface area contributed by atoms with Crippen molar-refractivity contribution in [2.75, 3.05) is 5.32 Å². The minimum absolute atomic E-state index is 0.225. The highest BCUT2D eigenvalue weighted by Gasteiger charge is 2.08. The number of hydrogen-bond donors (Lipinski definition) is 1. The number of hydrogen-bond acceptors (Lipinski definition) is 3. The molecular formula is C12H10BrN3O. The smallest absolute Gasteiger partial charge is 0.258 e. The standard InChI is InChI=1S/C12H10BrN3O/c1-8-3-4-9(7-10(8)13)11(17)16-12-14-5-2-6-15-12/h2-7H,1H3,(H,14,15,16,17). The fourth-order valence-electron chi connectivity index (χ4n) is 1.27. The number of rotatable bonds is 2. The second-order valence-corrected chi connectivity index (χ2v) is 4.34. The Labute approximate surface area is 107 Å². The zero-order valence-electron chi connectivity index (χ0n) is 9.14. The first-order valence-corrected chi connectivity index (χ1v) is 5.80. The van der Waals surface area contributed by atoms with E-state index in [0.717, 1.165) is 10.0 Å². The average molecular weight is 292 g/mol. The maximum absolute atomic E-state index is 11.9. The number of nitrogens with zero attached hydrogens (tertiary/aromatic N) is 2. The van der Waals surface area contributed by atoms with E-state index in [2.05, 4.69) is 31.2 Å². The topological polar surface area (TPSA) is 54.9 Å². The molecule has 0 atom stereocenters.